The van der Waals surface area contributed by atoms with E-state index in [9.17, 15) is 14.9 Å². The Bertz CT molecular complexity index is 653. The van der Waals surface area contributed by atoms with E-state index in [0.29, 0.717) is 18.7 Å². The number of nitro groups is 1. The number of thiazole rings is 1. The molecule has 0 atom stereocenters. The zero-order valence-electron chi connectivity index (χ0n) is 9.68. The molecule has 8 heteroatoms. The van der Waals surface area contributed by atoms with Gasteiger partial charge >= 0.3 is 4.87 Å². The second-order valence-corrected chi connectivity index (χ2v) is 5.56. The summed E-state index contributed by atoms with van der Waals surface area (Å²) in [6.07, 6.45) is 0. The molecule has 1 aromatic heterocycles. The molecule has 0 saturated heterocycles. The van der Waals surface area contributed by atoms with Crippen molar-refractivity contribution in [2.24, 2.45) is 0 Å². The van der Waals surface area contributed by atoms with Crippen molar-refractivity contribution in [2.45, 2.75) is 13.1 Å². The zero-order valence-corrected chi connectivity index (χ0v) is 12.1. The summed E-state index contributed by atoms with van der Waals surface area (Å²) < 4.78 is 0.791. The molecule has 0 aliphatic heterocycles. The van der Waals surface area contributed by atoms with E-state index in [1.807, 2.05) is 0 Å². The van der Waals surface area contributed by atoms with Gasteiger partial charge in [0, 0.05) is 40.3 Å². The third kappa shape index (κ3) is 3.72. The SMILES string of the molecule is O=c1[nH]c(CNCc2cc(Br)ccc2[N+](=O)[O-])cs1. The molecule has 6 nitrogen and oxygen atoms in total. The first-order valence-electron chi connectivity index (χ1n) is 5.36. The van der Waals surface area contributed by atoms with Gasteiger partial charge in [0.1, 0.15) is 0 Å². The Morgan fingerprint density at radius 3 is 2.84 bits per heavy atom. The maximum absolute atomic E-state index is 11.0. The third-order valence-corrected chi connectivity index (χ3v) is 3.65. The number of nitrogens with zero attached hydrogens (tertiary/aromatic N) is 1. The largest absolute Gasteiger partial charge is 0.315 e. The van der Waals surface area contributed by atoms with Gasteiger partial charge in [-0.3, -0.25) is 14.9 Å². The zero-order chi connectivity index (χ0) is 13.8. The quantitative estimate of drug-likeness (QED) is 0.644. The topological polar surface area (TPSA) is 88.0 Å². The van der Waals surface area contributed by atoms with Crippen LogP contribution in [0.15, 0.2) is 32.8 Å². The van der Waals surface area contributed by atoms with Crippen molar-refractivity contribution in [1.82, 2.24) is 10.3 Å². The summed E-state index contributed by atoms with van der Waals surface area (Å²) in [5, 5.41) is 15.7. The van der Waals surface area contributed by atoms with Crippen LogP contribution in [0.25, 0.3) is 0 Å². The van der Waals surface area contributed by atoms with Gasteiger partial charge in [0.2, 0.25) is 0 Å². The molecule has 1 heterocycles. The van der Waals surface area contributed by atoms with Gasteiger partial charge in [0.05, 0.1) is 4.92 Å². The predicted octanol–water partition coefficient (Wildman–Crippen LogP) is 2.40. The Morgan fingerprint density at radius 2 is 2.21 bits per heavy atom. The lowest BCUT2D eigenvalue weighted by molar-refractivity contribution is -0.385. The molecule has 2 N–H and O–H groups in total. The molecule has 0 fully saturated rings. The highest BCUT2D eigenvalue weighted by molar-refractivity contribution is 9.10. The van der Waals surface area contributed by atoms with Gasteiger partial charge in [0.25, 0.3) is 5.69 Å². The average Bonchev–Trinajstić information content (AvgIpc) is 2.75. The molecule has 0 aliphatic rings. The average molecular weight is 344 g/mol. The van der Waals surface area contributed by atoms with E-state index in [1.165, 1.54) is 6.07 Å². The minimum atomic E-state index is -0.407. The maximum Gasteiger partial charge on any atom is 0.304 e. The summed E-state index contributed by atoms with van der Waals surface area (Å²) in [4.78, 5) is 24.0. The summed E-state index contributed by atoms with van der Waals surface area (Å²) in [5.74, 6) is 0. The molecule has 2 rings (SSSR count). The number of nitrogens with one attached hydrogen (secondary N) is 2. The molecule has 1 aromatic carbocycles. The van der Waals surface area contributed by atoms with Gasteiger partial charge in [-0.2, -0.15) is 0 Å². The molecule has 0 aliphatic carbocycles. The van der Waals surface area contributed by atoms with Crippen LogP contribution < -0.4 is 10.2 Å². The van der Waals surface area contributed by atoms with Gasteiger partial charge in [-0.15, -0.1) is 0 Å². The molecular formula is C11H10BrN3O3S. The van der Waals surface area contributed by atoms with Crippen LogP contribution in [0, 0.1) is 10.1 Å². The first-order chi connectivity index (χ1) is 9.06. The van der Waals surface area contributed by atoms with E-state index in [1.54, 1.807) is 17.5 Å². The lowest BCUT2D eigenvalue weighted by atomic mass is 10.2. The summed E-state index contributed by atoms with van der Waals surface area (Å²) in [6.45, 7) is 0.816. The number of nitro benzene ring substituents is 1. The fourth-order valence-electron chi connectivity index (χ4n) is 1.61. The fourth-order valence-corrected chi connectivity index (χ4v) is 2.60. The highest BCUT2D eigenvalue weighted by atomic mass is 79.9. The first kappa shape index (κ1) is 13.9. The summed E-state index contributed by atoms with van der Waals surface area (Å²) in [5.41, 5.74) is 1.44. The van der Waals surface area contributed by atoms with E-state index >= 15 is 0 Å². The van der Waals surface area contributed by atoms with Crippen LogP contribution in [0.5, 0.6) is 0 Å². The van der Waals surface area contributed by atoms with Crippen LogP contribution in [0.3, 0.4) is 0 Å². The number of aromatic nitrogens is 1. The third-order valence-electron chi connectivity index (χ3n) is 2.44. The van der Waals surface area contributed by atoms with Gasteiger partial charge in [-0.25, -0.2) is 0 Å². The van der Waals surface area contributed by atoms with Gasteiger partial charge in [-0.05, 0) is 12.1 Å². The van der Waals surface area contributed by atoms with E-state index in [-0.39, 0.29) is 10.6 Å². The lowest BCUT2D eigenvalue weighted by Gasteiger charge is -2.05. The summed E-state index contributed by atoms with van der Waals surface area (Å²) in [6, 6.07) is 4.81. The number of rotatable bonds is 5. The smallest absolute Gasteiger partial charge is 0.304 e. The van der Waals surface area contributed by atoms with E-state index < -0.39 is 4.92 Å². The predicted molar refractivity (Wildman–Crippen MR) is 76.3 cm³/mol. The summed E-state index contributed by atoms with van der Waals surface area (Å²) in [7, 11) is 0. The molecule has 19 heavy (non-hydrogen) atoms. The van der Waals surface area contributed by atoms with E-state index in [2.05, 4.69) is 26.2 Å². The Hall–Kier alpha value is -1.51. The molecule has 0 spiro atoms. The molecule has 100 valence electrons. The van der Waals surface area contributed by atoms with Gasteiger partial charge < -0.3 is 10.3 Å². The first-order valence-corrected chi connectivity index (χ1v) is 7.04. The second-order valence-electron chi connectivity index (χ2n) is 3.81. The van der Waals surface area contributed by atoms with E-state index in [0.717, 1.165) is 21.5 Å². The van der Waals surface area contributed by atoms with Crippen molar-refractivity contribution in [3.63, 3.8) is 0 Å². The molecule has 2 aromatic rings. The fraction of sp³-hybridized carbons (Fsp3) is 0.182. The monoisotopic (exact) mass is 343 g/mol. The van der Waals surface area contributed by atoms with Crippen LogP contribution in [0.1, 0.15) is 11.3 Å². The Morgan fingerprint density at radius 1 is 1.42 bits per heavy atom. The van der Waals surface area contributed by atoms with Crippen molar-refractivity contribution in [3.8, 4) is 0 Å². The Kier molecular flexibility index (Phi) is 4.46. The highest BCUT2D eigenvalue weighted by Crippen LogP contribution is 2.22. The molecule has 0 saturated carbocycles. The van der Waals surface area contributed by atoms with Crippen LogP contribution >= 0.6 is 27.3 Å². The molecule has 0 radical (unpaired) electrons. The van der Waals surface area contributed by atoms with Crippen LogP contribution in [-0.4, -0.2) is 9.91 Å². The second kappa shape index (κ2) is 6.09. The number of hydrogen-bond donors (Lipinski definition) is 2. The maximum atomic E-state index is 11.0. The van der Waals surface area contributed by atoms with E-state index in [4.69, 9.17) is 0 Å². The van der Waals surface area contributed by atoms with Crippen LogP contribution in [-0.2, 0) is 13.1 Å². The van der Waals surface area contributed by atoms with Crippen molar-refractivity contribution in [3.05, 3.63) is 59.1 Å². The standard InChI is InChI=1S/C11H10BrN3O3S/c12-8-1-2-10(15(17)18)7(3-8)4-13-5-9-6-19-11(16)14-9/h1-3,6,13H,4-5H2,(H,14,16). The minimum Gasteiger partial charge on any atom is -0.315 e. The Labute approximate surface area is 120 Å². The number of aromatic amines is 1. The highest BCUT2D eigenvalue weighted by Gasteiger charge is 2.13. The molecular weight excluding hydrogens is 334 g/mol. The minimum absolute atomic E-state index is 0.0783. The van der Waals surface area contributed by atoms with Crippen molar-refractivity contribution in [1.29, 1.82) is 0 Å². The van der Waals surface area contributed by atoms with Crippen LogP contribution in [0.4, 0.5) is 5.69 Å². The van der Waals surface area contributed by atoms with Gasteiger partial charge in [0.15, 0.2) is 0 Å². The van der Waals surface area contributed by atoms with Crippen LogP contribution in [0.2, 0.25) is 0 Å². The normalized spacial score (nSPS) is 10.6. The lowest BCUT2D eigenvalue weighted by Crippen LogP contribution is -2.14. The number of H-pyrrole nitrogens is 1. The van der Waals surface area contributed by atoms with Crippen molar-refractivity contribution >= 4 is 33.0 Å². The molecule has 0 amide bonds. The molecule has 0 bridgehead atoms. The summed E-state index contributed by atoms with van der Waals surface area (Å²) >= 11 is 4.38. The Balaban J connectivity index is 2.04. The number of hydrogen-bond acceptors (Lipinski definition) is 5. The van der Waals surface area contributed by atoms with Gasteiger partial charge in [-0.1, -0.05) is 27.3 Å². The molecule has 0 unspecified atom stereocenters. The van der Waals surface area contributed by atoms with Crippen molar-refractivity contribution < 1.29 is 4.92 Å². The van der Waals surface area contributed by atoms with Crippen molar-refractivity contribution in [2.75, 3.05) is 0 Å². The number of halogens is 1. The number of benzene rings is 1.